The van der Waals surface area contributed by atoms with Gasteiger partial charge in [0, 0.05) is 25.3 Å². The molecule has 13 heavy (non-hydrogen) atoms. The van der Waals surface area contributed by atoms with Crippen molar-refractivity contribution in [3.63, 3.8) is 0 Å². The van der Waals surface area contributed by atoms with Gasteiger partial charge in [-0.2, -0.15) is 0 Å². The van der Waals surface area contributed by atoms with E-state index in [4.69, 9.17) is 0 Å². The molecule has 3 saturated heterocycles. The molecule has 3 heteroatoms. The van der Waals surface area contributed by atoms with Crippen LogP contribution in [-0.4, -0.2) is 24.1 Å². The molecular weight excluding hydrogens is 162 g/mol. The Balaban J connectivity index is 1.93. The molecule has 2 N–H and O–H groups in total. The van der Waals surface area contributed by atoms with Crippen LogP contribution < -0.4 is 10.6 Å². The Morgan fingerprint density at radius 3 is 3.00 bits per heavy atom. The first kappa shape index (κ1) is 7.47. The number of piperidine rings is 1. The van der Waals surface area contributed by atoms with Gasteiger partial charge in [-0.15, -0.1) is 0 Å². The zero-order valence-electron chi connectivity index (χ0n) is 7.46. The lowest BCUT2D eigenvalue weighted by Gasteiger charge is -2.53. The van der Waals surface area contributed by atoms with Crippen molar-refractivity contribution >= 4 is 0 Å². The lowest BCUT2D eigenvalue weighted by atomic mass is 9.75. The molecule has 0 aliphatic carbocycles. The molecule has 2 unspecified atom stereocenters. The SMILES string of the molecule is c1ccc(C23CNCC(C2)N3)nc1. The summed E-state index contributed by atoms with van der Waals surface area (Å²) in [4.78, 5) is 4.41. The van der Waals surface area contributed by atoms with Gasteiger partial charge in [-0.1, -0.05) is 6.07 Å². The third kappa shape index (κ3) is 1.01. The van der Waals surface area contributed by atoms with Crippen molar-refractivity contribution in [1.82, 2.24) is 15.6 Å². The van der Waals surface area contributed by atoms with Crippen LogP contribution >= 0.6 is 0 Å². The molecule has 1 aromatic rings. The van der Waals surface area contributed by atoms with E-state index < -0.39 is 0 Å². The van der Waals surface area contributed by atoms with Gasteiger partial charge in [0.2, 0.25) is 0 Å². The molecule has 2 atom stereocenters. The molecule has 3 fully saturated rings. The summed E-state index contributed by atoms with van der Waals surface area (Å²) in [6, 6.07) is 6.79. The minimum atomic E-state index is 0.143. The molecule has 3 nitrogen and oxygen atoms in total. The van der Waals surface area contributed by atoms with Crippen molar-refractivity contribution in [2.45, 2.75) is 18.0 Å². The summed E-state index contributed by atoms with van der Waals surface area (Å²) in [7, 11) is 0. The van der Waals surface area contributed by atoms with Crippen LogP contribution in [0.2, 0.25) is 0 Å². The van der Waals surface area contributed by atoms with Crippen LogP contribution in [0.15, 0.2) is 24.4 Å². The summed E-state index contributed by atoms with van der Waals surface area (Å²) in [5.41, 5.74) is 1.32. The molecular formula is C10H13N3. The first-order valence-electron chi connectivity index (χ1n) is 4.79. The average Bonchev–Trinajstić information content (AvgIpc) is 2.19. The van der Waals surface area contributed by atoms with E-state index in [9.17, 15) is 0 Å². The number of nitrogens with zero attached hydrogens (tertiary/aromatic N) is 1. The van der Waals surface area contributed by atoms with Crippen molar-refractivity contribution in [3.8, 4) is 0 Å². The number of pyridine rings is 1. The molecule has 68 valence electrons. The molecule has 0 spiro atoms. The number of piperazine rings is 1. The quantitative estimate of drug-likeness (QED) is 0.642. The van der Waals surface area contributed by atoms with Crippen molar-refractivity contribution < 1.29 is 0 Å². The van der Waals surface area contributed by atoms with E-state index in [2.05, 4.69) is 27.8 Å². The van der Waals surface area contributed by atoms with Crippen molar-refractivity contribution in [2.75, 3.05) is 13.1 Å². The van der Waals surface area contributed by atoms with Crippen LogP contribution in [0.4, 0.5) is 0 Å². The molecule has 0 saturated carbocycles. The van der Waals surface area contributed by atoms with Crippen LogP contribution in [0.1, 0.15) is 12.1 Å². The predicted molar refractivity (Wildman–Crippen MR) is 50.3 cm³/mol. The van der Waals surface area contributed by atoms with Crippen LogP contribution in [0.5, 0.6) is 0 Å². The summed E-state index contributed by atoms with van der Waals surface area (Å²) in [6.45, 7) is 2.12. The van der Waals surface area contributed by atoms with Gasteiger partial charge in [-0.05, 0) is 18.6 Å². The summed E-state index contributed by atoms with van der Waals surface area (Å²) in [5, 5.41) is 7.01. The second-order valence-corrected chi connectivity index (χ2v) is 3.97. The molecule has 0 radical (unpaired) electrons. The van der Waals surface area contributed by atoms with Gasteiger partial charge in [0.25, 0.3) is 0 Å². The lowest BCUT2D eigenvalue weighted by molar-refractivity contribution is 0.0831. The molecule has 1 aromatic heterocycles. The maximum atomic E-state index is 4.41. The summed E-state index contributed by atoms with van der Waals surface area (Å²) in [5.74, 6) is 0. The third-order valence-corrected chi connectivity index (χ3v) is 3.05. The highest BCUT2D eigenvalue weighted by Crippen LogP contribution is 2.35. The molecule has 4 heterocycles. The van der Waals surface area contributed by atoms with E-state index in [1.807, 2.05) is 12.3 Å². The molecule has 3 aliphatic rings. The first-order valence-corrected chi connectivity index (χ1v) is 4.79. The Morgan fingerprint density at radius 1 is 1.46 bits per heavy atom. The van der Waals surface area contributed by atoms with Gasteiger partial charge < -0.3 is 10.6 Å². The standard InChI is InChI=1S/C10H13N3/c1-2-4-12-9(3-1)10-5-8(13-10)6-11-7-10/h1-4,8,11,13H,5-7H2. The first-order chi connectivity index (χ1) is 6.39. The summed E-state index contributed by atoms with van der Waals surface area (Å²) in [6.07, 6.45) is 3.10. The van der Waals surface area contributed by atoms with E-state index in [1.54, 1.807) is 0 Å². The number of hydrogen-bond acceptors (Lipinski definition) is 3. The minimum absolute atomic E-state index is 0.143. The fraction of sp³-hybridized carbons (Fsp3) is 0.500. The van der Waals surface area contributed by atoms with Crippen LogP contribution in [0.3, 0.4) is 0 Å². The van der Waals surface area contributed by atoms with E-state index in [0.29, 0.717) is 6.04 Å². The highest BCUT2D eigenvalue weighted by molar-refractivity contribution is 5.24. The second kappa shape index (κ2) is 2.53. The van der Waals surface area contributed by atoms with Gasteiger partial charge in [-0.25, -0.2) is 0 Å². The molecule has 0 amide bonds. The van der Waals surface area contributed by atoms with Gasteiger partial charge in [-0.3, -0.25) is 4.98 Å². The predicted octanol–water partition coefficient (Wildman–Crippen LogP) is 0.242. The van der Waals surface area contributed by atoms with Crippen LogP contribution in [-0.2, 0) is 5.54 Å². The van der Waals surface area contributed by atoms with Crippen LogP contribution in [0, 0.1) is 0 Å². The lowest BCUT2D eigenvalue weighted by Crippen LogP contribution is -2.72. The number of fused-ring (bicyclic) bond motifs is 2. The van der Waals surface area contributed by atoms with E-state index in [-0.39, 0.29) is 5.54 Å². The van der Waals surface area contributed by atoms with Gasteiger partial charge in [0.15, 0.2) is 0 Å². The van der Waals surface area contributed by atoms with E-state index in [1.165, 1.54) is 12.1 Å². The minimum Gasteiger partial charge on any atom is -0.313 e. The third-order valence-electron chi connectivity index (χ3n) is 3.05. The van der Waals surface area contributed by atoms with E-state index >= 15 is 0 Å². The largest absolute Gasteiger partial charge is 0.313 e. The number of rotatable bonds is 1. The monoisotopic (exact) mass is 175 g/mol. The second-order valence-electron chi connectivity index (χ2n) is 3.97. The fourth-order valence-electron chi connectivity index (χ4n) is 2.41. The molecule has 4 rings (SSSR count). The van der Waals surface area contributed by atoms with Crippen molar-refractivity contribution in [1.29, 1.82) is 0 Å². The number of nitrogens with one attached hydrogen (secondary N) is 2. The zero-order chi connectivity index (χ0) is 8.73. The summed E-state index contributed by atoms with van der Waals surface area (Å²) >= 11 is 0. The van der Waals surface area contributed by atoms with Gasteiger partial charge in [0.1, 0.15) is 0 Å². The average molecular weight is 175 g/mol. The van der Waals surface area contributed by atoms with Crippen LogP contribution in [0.25, 0.3) is 0 Å². The molecule has 0 aromatic carbocycles. The Bertz CT molecular complexity index is 298. The van der Waals surface area contributed by atoms with E-state index in [0.717, 1.165) is 13.1 Å². The highest BCUT2D eigenvalue weighted by atomic mass is 15.2. The Kier molecular flexibility index (Phi) is 1.45. The smallest absolute Gasteiger partial charge is 0.0752 e. The zero-order valence-corrected chi connectivity index (χ0v) is 7.46. The Hall–Kier alpha value is -0.930. The number of hydrogen-bond donors (Lipinski definition) is 2. The fourth-order valence-corrected chi connectivity index (χ4v) is 2.41. The molecule has 2 bridgehead atoms. The number of aromatic nitrogens is 1. The Morgan fingerprint density at radius 2 is 2.38 bits per heavy atom. The summed E-state index contributed by atoms with van der Waals surface area (Å²) < 4.78 is 0. The highest BCUT2D eigenvalue weighted by Gasteiger charge is 2.48. The van der Waals surface area contributed by atoms with Gasteiger partial charge >= 0.3 is 0 Å². The van der Waals surface area contributed by atoms with Crippen molar-refractivity contribution in [2.24, 2.45) is 0 Å². The van der Waals surface area contributed by atoms with Gasteiger partial charge in [0.05, 0.1) is 11.2 Å². The molecule has 3 aliphatic heterocycles. The maximum absolute atomic E-state index is 4.41. The normalized spacial score (nSPS) is 36.8. The topological polar surface area (TPSA) is 37.0 Å². The maximum Gasteiger partial charge on any atom is 0.0752 e. The Labute approximate surface area is 77.6 Å². The van der Waals surface area contributed by atoms with Crippen molar-refractivity contribution in [3.05, 3.63) is 30.1 Å².